The van der Waals surface area contributed by atoms with Gasteiger partial charge in [-0.05, 0) is 22.9 Å². The molecule has 0 aliphatic heterocycles. The zero-order valence-electron chi connectivity index (χ0n) is 11.5. The van der Waals surface area contributed by atoms with E-state index in [4.69, 9.17) is 0 Å². The molecule has 2 aromatic heterocycles. The number of nitrogens with zero attached hydrogens (tertiary/aromatic N) is 5. The summed E-state index contributed by atoms with van der Waals surface area (Å²) in [7, 11) is -0.322. The standard InChI is InChI=1S/C11H16BrN5O2S/c1-4-17-11(10(12)6-14-17)8-16(3)20(18,19)9-5-13-15(2)7-9/h5-7H,4,8H2,1-3H3. The highest BCUT2D eigenvalue weighted by molar-refractivity contribution is 9.10. The second-order valence-electron chi connectivity index (χ2n) is 4.37. The highest BCUT2D eigenvalue weighted by atomic mass is 79.9. The maximum atomic E-state index is 12.4. The first-order valence-corrected chi connectivity index (χ1v) is 8.24. The molecule has 0 atom stereocenters. The van der Waals surface area contributed by atoms with Crippen LogP contribution in [0.25, 0.3) is 0 Å². The number of hydrogen-bond donors (Lipinski definition) is 0. The third-order valence-electron chi connectivity index (χ3n) is 2.96. The van der Waals surface area contributed by atoms with Crippen molar-refractivity contribution in [2.45, 2.75) is 24.9 Å². The minimum atomic E-state index is -3.55. The zero-order chi connectivity index (χ0) is 14.9. The monoisotopic (exact) mass is 361 g/mol. The molecule has 20 heavy (non-hydrogen) atoms. The number of aromatic nitrogens is 4. The molecule has 0 aliphatic carbocycles. The molecule has 110 valence electrons. The maximum Gasteiger partial charge on any atom is 0.246 e. The van der Waals surface area contributed by atoms with E-state index in [2.05, 4.69) is 26.1 Å². The van der Waals surface area contributed by atoms with Crippen LogP contribution in [0.5, 0.6) is 0 Å². The van der Waals surface area contributed by atoms with Crippen LogP contribution in [-0.2, 0) is 30.2 Å². The van der Waals surface area contributed by atoms with Gasteiger partial charge in [0.25, 0.3) is 0 Å². The predicted octanol–water partition coefficient (Wildman–Crippen LogP) is 1.22. The van der Waals surface area contributed by atoms with Crippen LogP contribution in [0.15, 0.2) is 28.0 Å². The summed E-state index contributed by atoms with van der Waals surface area (Å²) in [5.74, 6) is 0. The Morgan fingerprint density at radius 3 is 2.60 bits per heavy atom. The lowest BCUT2D eigenvalue weighted by molar-refractivity contribution is 0.446. The first kappa shape index (κ1) is 15.2. The molecular formula is C11H16BrN5O2S. The normalized spacial score (nSPS) is 12.2. The molecule has 0 spiro atoms. The third-order valence-corrected chi connectivity index (χ3v) is 5.38. The van der Waals surface area contributed by atoms with Crippen molar-refractivity contribution in [1.82, 2.24) is 23.9 Å². The third kappa shape index (κ3) is 2.79. The smallest absolute Gasteiger partial charge is 0.246 e. The molecule has 0 radical (unpaired) electrons. The van der Waals surface area contributed by atoms with Crippen LogP contribution < -0.4 is 0 Å². The van der Waals surface area contributed by atoms with Crippen molar-refractivity contribution in [2.24, 2.45) is 7.05 Å². The molecule has 0 N–H and O–H groups in total. The van der Waals surface area contributed by atoms with Gasteiger partial charge in [-0.3, -0.25) is 9.36 Å². The van der Waals surface area contributed by atoms with Crippen molar-refractivity contribution in [3.8, 4) is 0 Å². The molecule has 0 bridgehead atoms. The highest BCUT2D eigenvalue weighted by Crippen LogP contribution is 2.21. The van der Waals surface area contributed by atoms with E-state index in [1.807, 2.05) is 6.92 Å². The molecule has 0 fully saturated rings. The van der Waals surface area contributed by atoms with E-state index in [-0.39, 0.29) is 11.4 Å². The molecule has 0 saturated carbocycles. The van der Waals surface area contributed by atoms with Crippen LogP contribution in [0.4, 0.5) is 0 Å². The SMILES string of the molecule is CCn1ncc(Br)c1CN(C)S(=O)(=O)c1cnn(C)c1. The summed E-state index contributed by atoms with van der Waals surface area (Å²) >= 11 is 3.39. The van der Waals surface area contributed by atoms with Crippen molar-refractivity contribution in [3.05, 3.63) is 28.8 Å². The van der Waals surface area contributed by atoms with E-state index in [9.17, 15) is 8.42 Å². The van der Waals surface area contributed by atoms with Gasteiger partial charge in [0.2, 0.25) is 10.0 Å². The molecule has 2 rings (SSSR count). The van der Waals surface area contributed by atoms with Gasteiger partial charge in [-0.15, -0.1) is 0 Å². The largest absolute Gasteiger partial charge is 0.274 e. The van der Waals surface area contributed by atoms with E-state index in [0.717, 1.165) is 10.2 Å². The van der Waals surface area contributed by atoms with E-state index in [1.54, 1.807) is 25.0 Å². The molecular weight excluding hydrogens is 346 g/mol. The molecule has 9 heteroatoms. The number of aryl methyl sites for hydroxylation is 2. The topological polar surface area (TPSA) is 73.0 Å². The van der Waals surface area contributed by atoms with Gasteiger partial charge in [0.15, 0.2) is 0 Å². The predicted molar refractivity (Wildman–Crippen MR) is 77.5 cm³/mol. The summed E-state index contributed by atoms with van der Waals surface area (Å²) in [6, 6.07) is 0. The summed E-state index contributed by atoms with van der Waals surface area (Å²) < 4.78 is 30.1. The lowest BCUT2D eigenvalue weighted by Gasteiger charge is -2.17. The molecule has 0 saturated heterocycles. The van der Waals surface area contributed by atoms with Gasteiger partial charge in [-0.25, -0.2) is 8.42 Å². The van der Waals surface area contributed by atoms with Crippen LogP contribution >= 0.6 is 15.9 Å². The Balaban J connectivity index is 2.28. The molecule has 0 unspecified atom stereocenters. The fourth-order valence-corrected chi connectivity index (χ4v) is 3.37. The van der Waals surface area contributed by atoms with Gasteiger partial charge in [0.1, 0.15) is 4.90 Å². The number of sulfonamides is 1. The van der Waals surface area contributed by atoms with Crippen molar-refractivity contribution in [3.63, 3.8) is 0 Å². The Bertz CT molecular complexity index is 706. The molecule has 0 amide bonds. The van der Waals surface area contributed by atoms with E-state index in [0.29, 0.717) is 6.54 Å². The average molecular weight is 362 g/mol. The van der Waals surface area contributed by atoms with E-state index < -0.39 is 10.0 Å². The summed E-state index contributed by atoms with van der Waals surface area (Å²) in [6.45, 7) is 2.88. The summed E-state index contributed by atoms with van der Waals surface area (Å²) in [5.41, 5.74) is 0.822. The summed E-state index contributed by atoms with van der Waals surface area (Å²) in [4.78, 5) is 0.182. The Morgan fingerprint density at radius 2 is 2.05 bits per heavy atom. The quantitative estimate of drug-likeness (QED) is 0.802. The van der Waals surface area contributed by atoms with Gasteiger partial charge in [-0.2, -0.15) is 14.5 Å². The van der Waals surface area contributed by atoms with Crippen molar-refractivity contribution in [1.29, 1.82) is 0 Å². The Labute approximate surface area is 126 Å². The van der Waals surface area contributed by atoms with Crippen LogP contribution in [0.3, 0.4) is 0 Å². The van der Waals surface area contributed by atoms with Gasteiger partial charge < -0.3 is 0 Å². The summed E-state index contributed by atoms with van der Waals surface area (Å²) in [5, 5.41) is 8.08. The zero-order valence-corrected chi connectivity index (χ0v) is 13.9. The van der Waals surface area contributed by atoms with Crippen LogP contribution in [0.1, 0.15) is 12.6 Å². The fraction of sp³-hybridized carbons (Fsp3) is 0.455. The Hall–Kier alpha value is -1.19. The van der Waals surface area contributed by atoms with Crippen molar-refractivity contribution < 1.29 is 8.42 Å². The second kappa shape index (κ2) is 5.66. The summed E-state index contributed by atoms with van der Waals surface area (Å²) in [6.07, 6.45) is 4.50. The van der Waals surface area contributed by atoms with Crippen molar-refractivity contribution >= 4 is 26.0 Å². The minimum absolute atomic E-state index is 0.182. The lowest BCUT2D eigenvalue weighted by Crippen LogP contribution is -2.27. The first-order valence-electron chi connectivity index (χ1n) is 6.01. The molecule has 7 nitrogen and oxygen atoms in total. The molecule has 0 aliphatic rings. The van der Waals surface area contributed by atoms with Crippen LogP contribution in [0.2, 0.25) is 0 Å². The number of hydrogen-bond acceptors (Lipinski definition) is 4. The second-order valence-corrected chi connectivity index (χ2v) is 7.26. The van der Waals surface area contributed by atoms with Crippen molar-refractivity contribution in [2.75, 3.05) is 7.05 Å². The average Bonchev–Trinajstić information content (AvgIpc) is 2.97. The molecule has 0 aromatic carbocycles. The lowest BCUT2D eigenvalue weighted by atomic mass is 10.4. The van der Waals surface area contributed by atoms with Gasteiger partial charge in [0, 0.05) is 26.8 Å². The Morgan fingerprint density at radius 1 is 1.35 bits per heavy atom. The van der Waals surface area contributed by atoms with Gasteiger partial charge in [0.05, 0.1) is 29.1 Å². The van der Waals surface area contributed by atoms with Gasteiger partial charge in [-0.1, -0.05) is 0 Å². The fourth-order valence-electron chi connectivity index (χ4n) is 1.83. The Kier molecular flexibility index (Phi) is 4.31. The molecule has 2 aromatic rings. The highest BCUT2D eigenvalue weighted by Gasteiger charge is 2.24. The van der Waals surface area contributed by atoms with Crippen LogP contribution in [-0.4, -0.2) is 39.3 Å². The van der Waals surface area contributed by atoms with E-state index >= 15 is 0 Å². The first-order chi connectivity index (χ1) is 9.36. The maximum absolute atomic E-state index is 12.4. The number of rotatable bonds is 5. The molecule has 2 heterocycles. The van der Waals surface area contributed by atoms with Gasteiger partial charge >= 0.3 is 0 Å². The van der Waals surface area contributed by atoms with E-state index in [1.165, 1.54) is 21.4 Å². The van der Waals surface area contributed by atoms with Crippen LogP contribution in [0, 0.1) is 0 Å². The minimum Gasteiger partial charge on any atom is -0.274 e. The number of halogens is 1.